The van der Waals surface area contributed by atoms with E-state index >= 15 is 0 Å². The molecule has 6 heteroatoms. The average molecular weight is 282 g/mol. The minimum absolute atomic E-state index is 0.0623. The summed E-state index contributed by atoms with van der Waals surface area (Å²) in [5.74, 6) is 0.261. The van der Waals surface area contributed by atoms with Gasteiger partial charge in [0.05, 0.1) is 17.1 Å². The molecule has 0 saturated carbocycles. The number of para-hydroxylation sites is 1. The van der Waals surface area contributed by atoms with E-state index in [2.05, 4.69) is 0 Å². The van der Waals surface area contributed by atoms with Crippen LogP contribution in [0.5, 0.6) is 5.75 Å². The highest BCUT2D eigenvalue weighted by molar-refractivity contribution is 5.69. The summed E-state index contributed by atoms with van der Waals surface area (Å²) in [5, 5.41) is 21.2. The van der Waals surface area contributed by atoms with Crippen molar-refractivity contribution in [2.75, 3.05) is 25.1 Å². The molecule has 0 heterocycles. The number of anilines is 1. The van der Waals surface area contributed by atoms with Crippen molar-refractivity contribution in [3.05, 3.63) is 28.3 Å². The number of likely N-dealkylation sites (N-methyl/N-ethyl adjacent to an activating group) is 1. The average Bonchev–Trinajstić information content (AvgIpc) is 2.33. The van der Waals surface area contributed by atoms with E-state index in [-0.39, 0.29) is 18.0 Å². The molecule has 0 spiro atoms. The lowest BCUT2D eigenvalue weighted by Crippen LogP contribution is -2.36. The highest BCUT2D eigenvalue weighted by Gasteiger charge is 2.26. The molecule has 0 aromatic heterocycles. The molecule has 20 heavy (non-hydrogen) atoms. The topological polar surface area (TPSA) is 75.8 Å². The molecule has 1 aromatic carbocycles. The molecule has 0 unspecified atom stereocenters. The van der Waals surface area contributed by atoms with E-state index in [1.165, 1.54) is 0 Å². The van der Waals surface area contributed by atoms with Gasteiger partial charge in [-0.3, -0.25) is 10.1 Å². The zero-order chi connectivity index (χ0) is 15.3. The third-order valence-corrected chi connectivity index (χ3v) is 2.66. The Morgan fingerprint density at radius 1 is 1.45 bits per heavy atom. The zero-order valence-corrected chi connectivity index (χ0v) is 12.4. The van der Waals surface area contributed by atoms with Crippen LogP contribution in [0.3, 0.4) is 0 Å². The van der Waals surface area contributed by atoms with Gasteiger partial charge in [0.1, 0.15) is 5.69 Å². The third-order valence-electron chi connectivity index (χ3n) is 2.66. The maximum atomic E-state index is 11.3. The standard InChI is InChI=1S/C14H22N2O4/c1-5-9-20-12-8-6-7-11(13(12)16(18)19)15(4)10-14(2,3)17/h6-8,17H,5,9-10H2,1-4H3. The first-order valence-electron chi connectivity index (χ1n) is 6.60. The smallest absolute Gasteiger partial charge is 0.333 e. The first kappa shape index (κ1) is 16.2. The summed E-state index contributed by atoms with van der Waals surface area (Å²) in [4.78, 5) is 12.5. The molecule has 1 aromatic rings. The van der Waals surface area contributed by atoms with E-state index in [1.54, 1.807) is 44.0 Å². The number of hydrogen-bond donors (Lipinski definition) is 1. The number of hydrogen-bond acceptors (Lipinski definition) is 5. The number of nitro benzene ring substituents is 1. The largest absolute Gasteiger partial charge is 0.487 e. The summed E-state index contributed by atoms with van der Waals surface area (Å²) in [7, 11) is 1.71. The Balaban J connectivity index is 3.15. The van der Waals surface area contributed by atoms with Crippen molar-refractivity contribution in [2.45, 2.75) is 32.8 Å². The summed E-state index contributed by atoms with van der Waals surface area (Å²) in [6.45, 7) is 5.97. The van der Waals surface area contributed by atoms with Gasteiger partial charge >= 0.3 is 5.69 Å². The Labute approximate surface area is 119 Å². The van der Waals surface area contributed by atoms with Gasteiger partial charge in [-0.05, 0) is 32.4 Å². The van der Waals surface area contributed by atoms with Crippen molar-refractivity contribution >= 4 is 11.4 Å². The van der Waals surface area contributed by atoms with E-state index in [1.807, 2.05) is 6.92 Å². The predicted molar refractivity (Wildman–Crippen MR) is 78.5 cm³/mol. The van der Waals surface area contributed by atoms with Crippen LogP contribution in [-0.2, 0) is 0 Å². The number of aliphatic hydroxyl groups is 1. The Morgan fingerprint density at radius 2 is 2.10 bits per heavy atom. The summed E-state index contributed by atoms with van der Waals surface area (Å²) in [5.41, 5.74) is -0.568. The molecule has 0 aliphatic rings. The van der Waals surface area contributed by atoms with Crippen LogP contribution in [0, 0.1) is 10.1 Å². The molecule has 112 valence electrons. The van der Waals surface area contributed by atoms with Crippen molar-refractivity contribution < 1.29 is 14.8 Å². The van der Waals surface area contributed by atoms with Gasteiger partial charge in [-0.2, -0.15) is 0 Å². The normalized spacial score (nSPS) is 11.2. The summed E-state index contributed by atoms with van der Waals surface area (Å²) < 4.78 is 5.44. The van der Waals surface area contributed by atoms with Crippen molar-refractivity contribution in [3.63, 3.8) is 0 Å². The maximum absolute atomic E-state index is 11.3. The van der Waals surface area contributed by atoms with Crippen molar-refractivity contribution in [2.24, 2.45) is 0 Å². The van der Waals surface area contributed by atoms with Crippen molar-refractivity contribution in [1.82, 2.24) is 0 Å². The number of benzene rings is 1. The Kier molecular flexibility index (Phi) is 5.33. The molecule has 1 rings (SSSR count). The van der Waals surface area contributed by atoms with E-state index in [0.29, 0.717) is 12.3 Å². The maximum Gasteiger partial charge on any atom is 0.333 e. The Hall–Kier alpha value is -1.82. The second-order valence-electron chi connectivity index (χ2n) is 5.40. The monoisotopic (exact) mass is 282 g/mol. The van der Waals surface area contributed by atoms with E-state index in [9.17, 15) is 15.2 Å². The molecule has 6 nitrogen and oxygen atoms in total. The fraction of sp³-hybridized carbons (Fsp3) is 0.571. The molecule has 0 saturated heterocycles. The number of rotatable bonds is 7. The molecule has 0 radical (unpaired) electrons. The summed E-state index contributed by atoms with van der Waals surface area (Å²) in [6.07, 6.45) is 0.779. The first-order valence-corrected chi connectivity index (χ1v) is 6.60. The minimum atomic E-state index is -0.942. The lowest BCUT2D eigenvalue weighted by molar-refractivity contribution is -0.385. The molecule has 0 aliphatic carbocycles. The highest BCUT2D eigenvalue weighted by Crippen LogP contribution is 2.37. The van der Waals surface area contributed by atoms with Crippen LogP contribution < -0.4 is 9.64 Å². The quantitative estimate of drug-likeness (QED) is 0.614. The Morgan fingerprint density at radius 3 is 2.60 bits per heavy atom. The van der Waals surface area contributed by atoms with Gasteiger partial charge in [0.15, 0.2) is 5.75 Å². The second-order valence-corrected chi connectivity index (χ2v) is 5.40. The van der Waals surface area contributed by atoms with Crippen molar-refractivity contribution in [3.8, 4) is 5.75 Å². The third kappa shape index (κ3) is 4.38. The van der Waals surface area contributed by atoms with Crippen LogP contribution in [-0.4, -0.2) is 35.8 Å². The van der Waals surface area contributed by atoms with Gasteiger partial charge in [-0.25, -0.2) is 0 Å². The van der Waals surface area contributed by atoms with Gasteiger partial charge in [0, 0.05) is 13.6 Å². The summed E-state index contributed by atoms with van der Waals surface area (Å²) >= 11 is 0. The molecule has 1 N–H and O–H groups in total. The van der Waals surface area contributed by atoms with Gasteiger partial charge in [-0.15, -0.1) is 0 Å². The molecule has 0 aliphatic heterocycles. The van der Waals surface area contributed by atoms with E-state index < -0.39 is 10.5 Å². The molecular formula is C14H22N2O4. The van der Waals surface area contributed by atoms with Crippen LogP contribution in [0.25, 0.3) is 0 Å². The van der Waals surface area contributed by atoms with Crippen LogP contribution in [0.2, 0.25) is 0 Å². The lowest BCUT2D eigenvalue weighted by Gasteiger charge is -2.27. The second kappa shape index (κ2) is 6.56. The first-order chi connectivity index (χ1) is 9.26. The van der Waals surface area contributed by atoms with E-state index in [0.717, 1.165) is 6.42 Å². The fourth-order valence-electron chi connectivity index (χ4n) is 2.00. The highest BCUT2D eigenvalue weighted by atomic mass is 16.6. The lowest BCUT2D eigenvalue weighted by atomic mass is 10.1. The Bertz CT molecular complexity index is 469. The predicted octanol–water partition coefficient (Wildman–Crippen LogP) is 2.59. The van der Waals surface area contributed by atoms with Gasteiger partial charge in [-0.1, -0.05) is 13.0 Å². The van der Waals surface area contributed by atoms with Crippen LogP contribution in [0.4, 0.5) is 11.4 Å². The minimum Gasteiger partial charge on any atom is -0.487 e. The summed E-state index contributed by atoms with van der Waals surface area (Å²) in [6, 6.07) is 4.96. The fourth-order valence-corrected chi connectivity index (χ4v) is 2.00. The molecule has 0 bridgehead atoms. The SMILES string of the molecule is CCCOc1cccc(N(C)CC(C)(C)O)c1[N+](=O)[O-]. The zero-order valence-electron chi connectivity index (χ0n) is 12.4. The number of nitrogens with zero attached hydrogens (tertiary/aromatic N) is 2. The molecular weight excluding hydrogens is 260 g/mol. The van der Waals surface area contributed by atoms with Crippen LogP contribution in [0.15, 0.2) is 18.2 Å². The van der Waals surface area contributed by atoms with Crippen LogP contribution in [0.1, 0.15) is 27.2 Å². The van der Waals surface area contributed by atoms with E-state index in [4.69, 9.17) is 4.74 Å². The number of nitro groups is 1. The van der Waals surface area contributed by atoms with Gasteiger partial charge in [0.25, 0.3) is 0 Å². The van der Waals surface area contributed by atoms with Crippen LogP contribution >= 0.6 is 0 Å². The molecule has 0 fully saturated rings. The molecule has 0 amide bonds. The van der Waals surface area contributed by atoms with Gasteiger partial charge < -0.3 is 14.7 Å². The van der Waals surface area contributed by atoms with Gasteiger partial charge in [0.2, 0.25) is 0 Å². The van der Waals surface area contributed by atoms with Crippen molar-refractivity contribution in [1.29, 1.82) is 0 Å². The number of ether oxygens (including phenoxy) is 1. The molecule has 0 atom stereocenters.